The van der Waals surface area contributed by atoms with Gasteiger partial charge in [-0.15, -0.1) is 0 Å². The van der Waals surface area contributed by atoms with Gasteiger partial charge in [0.1, 0.15) is 6.54 Å². The minimum Gasteiger partial charge on any atom is -0.381 e. The molecule has 0 saturated carbocycles. The molecule has 1 aromatic rings. The first kappa shape index (κ1) is 12.1. The normalized spacial score (nSPS) is 19.5. The van der Waals surface area contributed by atoms with Crippen LogP contribution in [-0.4, -0.2) is 35.4 Å². The van der Waals surface area contributed by atoms with Gasteiger partial charge in [-0.25, -0.2) is 0 Å². The van der Waals surface area contributed by atoms with E-state index in [9.17, 15) is 4.79 Å². The average molecular weight is 237 g/mol. The lowest BCUT2D eigenvalue weighted by Gasteiger charge is -2.10. The summed E-state index contributed by atoms with van der Waals surface area (Å²) in [7, 11) is 0. The van der Waals surface area contributed by atoms with E-state index in [0.717, 1.165) is 31.0 Å². The Morgan fingerprint density at radius 1 is 1.65 bits per heavy atom. The van der Waals surface area contributed by atoms with Gasteiger partial charge in [0, 0.05) is 24.8 Å². The van der Waals surface area contributed by atoms with Crippen LogP contribution in [0.25, 0.3) is 0 Å². The Labute approximate surface area is 101 Å². The van der Waals surface area contributed by atoms with E-state index in [-0.39, 0.29) is 5.91 Å². The third kappa shape index (κ3) is 3.30. The van der Waals surface area contributed by atoms with Gasteiger partial charge < -0.3 is 10.1 Å². The molecule has 2 heterocycles. The zero-order chi connectivity index (χ0) is 12.3. The molecule has 1 aliphatic rings. The molecule has 1 fully saturated rings. The van der Waals surface area contributed by atoms with Crippen LogP contribution in [0.2, 0.25) is 0 Å². The number of rotatable bonds is 4. The molecule has 1 saturated heterocycles. The first-order chi connectivity index (χ1) is 8.15. The van der Waals surface area contributed by atoms with Gasteiger partial charge >= 0.3 is 0 Å². The molecule has 1 unspecified atom stereocenters. The summed E-state index contributed by atoms with van der Waals surface area (Å²) in [5.74, 6) is 0.488. The maximum absolute atomic E-state index is 11.7. The third-order valence-corrected chi connectivity index (χ3v) is 3.01. The number of aryl methyl sites for hydroxylation is 2. The number of hydrogen-bond acceptors (Lipinski definition) is 3. The summed E-state index contributed by atoms with van der Waals surface area (Å²) in [4.78, 5) is 11.7. The van der Waals surface area contributed by atoms with Crippen molar-refractivity contribution in [2.24, 2.45) is 5.92 Å². The molecule has 1 aliphatic heterocycles. The van der Waals surface area contributed by atoms with E-state index >= 15 is 0 Å². The van der Waals surface area contributed by atoms with Crippen molar-refractivity contribution in [2.75, 3.05) is 19.8 Å². The Morgan fingerprint density at radius 3 is 3.06 bits per heavy atom. The summed E-state index contributed by atoms with van der Waals surface area (Å²) in [6.07, 6.45) is 1.04. The van der Waals surface area contributed by atoms with Crippen molar-refractivity contribution >= 4 is 5.91 Å². The first-order valence-corrected chi connectivity index (χ1v) is 6.00. The fraction of sp³-hybridized carbons (Fsp3) is 0.667. The Kier molecular flexibility index (Phi) is 3.78. The minimum absolute atomic E-state index is 0.0168. The third-order valence-electron chi connectivity index (χ3n) is 3.01. The van der Waals surface area contributed by atoms with E-state index in [4.69, 9.17) is 4.74 Å². The number of aromatic nitrogens is 2. The van der Waals surface area contributed by atoms with Crippen molar-refractivity contribution in [1.29, 1.82) is 0 Å². The van der Waals surface area contributed by atoms with E-state index in [1.807, 2.05) is 19.9 Å². The second kappa shape index (κ2) is 5.31. The van der Waals surface area contributed by atoms with Gasteiger partial charge in [0.2, 0.25) is 5.91 Å². The van der Waals surface area contributed by atoms with Gasteiger partial charge in [0.15, 0.2) is 0 Å². The summed E-state index contributed by atoms with van der Waals surface area (Å²) in [5, 5.41) is 7.19. The lowest BCUT2D eigenvalue weighted by Crippen LogP contribution is -2.32. The number of nitrogens with one attached hydrogen (secondary N) is 1. The number of hydrogen-bond donors (Lipinski definition) is 1. The molecular formula is C12H19N3O2. The van der Waals surface area contributed by atoms with Crippen LogP contribution < -0.4 is 5.32 Å². The zero-order valence-electron chi connectivity index (χ0n) is 10.4. The number of carbonyl (C=O) groups excluding carboxylic acids is 1. The van der Waals surface area contributed by atoms with Crippen molar-refractivity contribution in [1.82, 2.24) is 15.1 Å². The van der Waals surface area contributed by atoms with Gasteiger partial charge in [-0.3, -0.25) is 9.48 Å². The summed E-state index contributed by atoms with van der Waals surface area (Å²) in [6, 6.07) is 1.97. The molecule has 2 rings (SSSR count). The number of nitrogens with zero attached hydrogens (tertiary/aromatic N) is 2. The second-order valence-corrected chi connectivity index (χ2v) is 4.62. The fourth-order valence-electron chi connectivity index (χ4n) is 2.03. The molecule has 0 spiro atoms. The lowest BCUT2D eigenvalue weighted by molar-refractivity contribution is -0.122. The van der Waals surface area contributed by atoms with E-state index < -0.39 is 0 Å². The van der Waals surface area contributed by atoms with Gasteiger partial charge in [0.05, 0.1) is 12.3 Å². The van der Waals surface area contributed by atoms with E-state index in [2.05, 4.69) is 10.4 Å². The van der Waals surface area contributed by atoms with Crippen molar-refractivity contribution in [3.63, 3.8) is 0 Å². The highest BCUT2D eigenvalue weighted by Gasteiger charge is 2.16. The van der Waals surface area contributed by atoms with E-state index in [1.165, 1.54) is 0 Å². The van der Waals surface area contributed by atoms with Crippen molar-refractivity contribution in [2.45, 2.75) is 26.8 Å². The van der Waals surface area contributed by atoms with E-state index in [1.54, 1.807) is 4.68 Å². The van der Waals surface area contributed by atoms with Crippen LogP contribution in [0.4, 0.5) is 0 Å². The Hall–Kier alpha value is -1.36. The number of carbonyl (C=O) groups is 1. The Morgan fingerprint density at radius 2 is 2.47 bits per heavy atom. The molecule has 94 valence electrons. The van der Waals surface area contributed by atoms with Crippen molar-refractivity contribution in [3.05, 3.63) is 17.5 Å². The van der Waals surface area contributed by atoms with Crippen LogP contribution in [0.1, 0.15) is 17.8 Å². The topological polar surface area (TPSA) is 56.2 Å². The predicted molar refractivity (Wildman–Crippen MR) is 63.6 cm³/mol. The minimum atomic E-state index is 0.0168. The van der Waals surface area contributed by atoms with Crippen LogP contribution in [0.3, 0.4) is 0 Å². The molecule has 1 atom stereocenters. The quantitative estimate of drug-likeness (QED) is 0.836. The fourth-order valence-corrected chi connectivity index (χ4v) is 2.03. The SMILES string of the molecule is Cc1cc(C)n(CC(=O)NCC2CCOC2)n1. The molecule has 5 nitrogen and oxygen atoms in total. The summed E-state index contributed by atoms with van der Waals surface area (Å²) >= 11 is 0. The Bertz CT molecular complexity index is 394. The van der Waals surface area contributed by atoms with Gasteiger partial charge in [0.25, 0.3) is 0 Å². The highest BCUT2D eigenvalue weighted by molar-refractivity contribution is 5.75. The zero-order valence-corrected chi connectivity index (χ0v) is 10.4. The molecule has 0 aromatic carbocycles. The highest BCUT2D eigenvalue weighted by atomic mass is 16.5. The van der Waals surface area contributed by atoms with Gasteiger partial charge in [-0.1, -0.05) is 0 Å². The molecule has 0 aliphatic carbocycles. The molecular weight excluding hydrogens is 218 g/mol. The maximum atomic E-state index is 11.7. The second-order valence-electron chi connectivity index (χ2n) is 4.62. The van der Waals surface area contributed by atoms with Crippen molar-refractivity contribution in [3.8, 4) is 0 Å². The van der Waals surface area contributed by atoms with Crippen LogP contribution in [0.5, 0.6) is 0 Å². The van der Waals surface area contributed by atoms with Gasteiger partial charge in [-0.2, -0.15) is 5.10 Å². The Balaban J connectivity index is 1.78. The predicted octanol–water partition coefficient (Wildman–Crippen LogP) is 0.653. The van der Waals surface area contributed by atoms with Crippen LogP contribution in [0, 0.1) is 19.8 Å². The molecule has 0 bridgehead atoms. The smallest absolute Gasteiger partial charge is 0.241 e. The summed E-state index contributed by atoms with van der Waals surface area (Å²) < 4.78 is 6.99. The largest absolute Gasteiger partial charge is 0.381 e. The molecule has 17 heavy (non-hydrogen) atoms. The maximum Gasteiger partial charge on any atom is 0.241 e. The average Bonchev–Trinajstić information content (AvgIpc) is 2.87. The first-order valence-electron chi connectivity index (χ1n) is 6.00. The molecule has 1 amide bonds. The molecule has 5 heteroatoms. The number of ether oxygens (including phenoxy) is 1. The summed E-state index contributed by atoms with van der Waals surface area (Å²) in [5.41, 5.74) is 1.96. The summed E-state index contributed by atoms with van der Waals surface area (Å²) in [6.45, 7) is 6.47. The number of amides is 1. The lowest BCUT2D eigenvalue weighted by atomic mass is 10.1. The van der Waals surface area contributed by atoms with Crippen molar-refractivity contribution < 1.29 is 9.53 Å². The van der Waals surface area contributed by atoms with Crippen LogP contribution in [0.15, 0.2) is 6.07 Å². The standard InChI is InChI=1S/C12H19N3O2/c1-9-5-10(2)15(14-9)7-12(16)13-6-11-3-4-17-8-11/h5,11H,3-4,6-8H2,1-2H3,(H,13,16). The highest BCUT2D eigenvalue weighted by Crippen LogP contribution is 2.10. The van der Waals surface area contributed by atoms with Crippen LogP contribution in [-0.2, 0) is 16.1 Å². The van der Waals surface area contributed by atoms with Crippen LogP contribution >= 0.6 is 0 Å². The monoisotopic (exact) mass is 237 g/mol. The molecule has 1 aromatic heterocycles. The van der Waals surface area contributed by atoms with Gasteiger partial charge in [-0.05, 0) is 26.3 Å². The van der Waals surface area contributed by atoms with E-state index in [0.29, 0.717) is 19.0 Å². The molecule has 1 N–H and O–H groups in total. The molecule has 0 radical (unpaired) electrons.